The Balaban J connectivity index is 1.44. The predicted molar refractivity (Wildman–Crippen MR) is 100 cm³/mol. The molecular weight excluding hydrogens is 344 g/mol. The van der Waals surface area contributed by atoms with Gasteiger partial charge in [0.25, 0.3) is 0 Å². The molecule has 0 spiro atoms. The monoisotopic (exact) mass is 370 g/mol. The Kier molecular flexibility index (Phi) is 5.07. The topological polar surface area (TPSA) is 76.4 Å². The van der Waals surface area contributed by atoms with Crippen LogP contribution >= 0.6 is 0 Å². The zero-order chi connectivity index (χ0) is 18.8. The minimum absolute atomic E-state index is 0.0586. The van der Waals surface area contributed by atoms with E-state index in [4.69, 9.17) is 9.72 Å². The maximum atomic E-state index is 12.8. The molecule has 1 amide bonds. The first-order valence-electron chi connectivity index (χ1n) is 9.58. The molecule has 2 aliphatic heterocycles. The summed E-state index contributed by atoms with van der Waals surface area (Å²) in [7, 11) is 0. The van der Waals surface area contributed by atoms with E-state index in [0.717, 1.165) is 36.1 Å². The largest absolute Gasteiger partial charge is 0.368 e. The lowest BCUT2D eigenvalue weighted by Gasteiger charge is -2.33. The van der Waals surface area contributed by atoms with E-state index in [1.807, 2.05) is 30.9 Å². The number of aryl methyl sites for hydroxylation is 2. The van der Waals surface area contributed by atoms with E-state index in [0.29, 0.717) is 19.7 Å². The van der Waals surface area contributed by atoms with Gasteiger partial charge in [-0.3, -0.25) is 9.48 Å². The zero-order valence-corrected chi connectivity index (χ0v) is 16.0. The molecular formula is C19H26N6O2. The summed E-state index contributed by atoms with van der Waals surface area (Å²) < 4.78 is 7.68. The number of amides is 1. The van der Waals surface area contributed by atoms with E-state index in [2.05, 4.69) is 15.0 Å². The number of aromatic nitrogens is 4. The van der Waals surface area contributed by atoms with Gasteiger partial charge in [-0.1, -0.05) is 0 Å². The molecule has 0 aromatic carbocycles. The van der Waals surface area contributed by atoms with Crippen LogP contribution in [-0.4, -0.2) is 63.3 Å². The summed E-state index contributed by atoms with van der Waals surface area (Å²) in [6.45, 7) is 7.78. The maximum absolute atomic E-state index is 12.8. The van der Waals surface area contributed by atoms with Gasteiger partial charge in [-0.2, -0.15) is 5.10 Å². The van der Waals surface area contributed by atoms with Gasteiger partial charge in [-0.25, -0.2) is 9.97 Å². The van der Waals surface area contributed by atoms with Crippen LogP contribution in [0.1, 0.15) is 36.0 Å². The molecule has 4 rings (SSSR count). The Morgan fingerprint density at radius 1 is 1.26 bits per heavy atom. The SMILES string of the molecule is Cc1cc(C)n(CC(=O)N2CCOC(c3ccnc(N4CCCC4)n3)C2)n1. The summed E-state index contributed by atoms with van der Waals surface area (Å²) in [6.07, 6.45) is 3.94. The predicted octanol–water partition coefficient (Wildman–Crippen LogP) is 1.49. The van der Waals surface area contributed by atoms with E-state index >= 15 is 0 Å². The van der Waals surface area contributed by atoms with Crippen LogP contribution in [0, 0.1) is 13.8 Å². The number of carbonyl (C=O) groups is 1. The third-order valence-corrected chi connectivity index (χ3v) is 5.19. The van der Waals surface area contributed by atoms with Crippen molar-refractivity contribution in [3.05, 3.63) is 35.4 Å². The number of hydrogen-bond acceptors (Lipinski definition) is 6. The number of carbonyl (C=O) groups excluding carboxylic acids is 1. The van der Waals surface area contributed by atoms with Crippen molar-refractivity contribution in [3.8, 4) is 0 Å². The fourth-order valence-electron chi connectivity index (χ4n) is 3.73. The fourth-order valence-corrected chi connectivity index (χ4v) is 3.73. The average Bonchev–Trinajstić information content (AvgIpc) is 3.32. The smallest absolute Gasteiger partial charge is 0.244 e. The minimum Gasteiger partial charge on any atom is -0.368 e. The van der Waals surface area contributed by atoms with Crippen LogP contribution in [0.3, 0.4) is 0 Å². The lowest BCUT2D eigenvalue weighted by Crippen LogP contribution is -2.44. The van der Waals surface area contributed by atoms with Gasteiger partial charge in [0, 0.05) is 31.5 Å². The quantitative estimate of drug-likeness (QED) is 0.812. The second-order valence-electron chi connectivity index (χ2n) is 7.26. The van der Waals surface area contributed by atoms with E-state index in [1.54, 1.807) is 10.9 Å². The third-order valence-electron chi connectivity index (χ3n) is 5.19. The van der Waals surface area contributed by atoms with Crippen LogP contribution in [0.4, 0.5) is 5.95 Å². The highest BCUT2D eigenvalue weighted by molar-refractivity contribution is 5.76. The summed E-state index contributed by atoms with van der Waals surface area (Å²) in [5.41, 5.74) is 2.77. The molecule has 4 heterocycles. The summed E-state index contributed by atoms with van der Waals surface area (Å²) in [5, 5.41) is 4.39. The first kappa shape index (κ1) is 17.9. The number of hydrogen-bond donors (Lipinski definition) is 0. The van der Waals surface area contributed by atoms with E-state index in [-0.39, 0.29) is 18.6 Å². The van der Waals surface area contributed by atoms with Crippen molar-refractivity contribution in [1.82, 2.24) is 24.6 Å². The average molecular weight is 370 g/mol. The standard InChI is InChI=1S/C19H26N6O2/c1-14-11-15(2)25(22-14)13-18(26)24-9-10-27-17(12-24)16-5-6-20-19(21-16)23-7-3-4-8-23/h5-6,11,17H,3-4,7-10,12-13H2,1-2H3. The lowest BCUT2D eigenvalue weighted by atomic mass is 10.2. The number of ether oxygens (including phenoxy) is 1. The summed E-state index contributed by atoms with van der Waals surface area (Å²) in [5.74, 6) is 0.822. The molecule has 2 fully saturated rings. The first-order valence-corrected chi connectivity index (χ1v) is 9.58. The van der Waals surface area contributed by atoms with Gasteiger partial charge in [0.15, 0.2) is 0 Å². The van der Waals surface area contributed by atoms with E-state index in [1.165, 1.54) is 12.8 Å². The van der Waals surface area contributed by atoms with Crippen LogP contribution in [0.15, 0.2) is 18.3 Å². The van der Waals surface area contributed by atoms with Crippen LogP contribution < -0.4 is 4.90 Å². The van der Waals surface area contributed by atoms with E-state index < -0.39 is 0 Å². The molecule has 0 radical (unpaired) electrons. The Hall–Kier alpha value is -2.48. The lowest BCUT2D eigenvalue weighted by molar-refractivity contribution is -0.140. The molecule has 8 heteroatoms. The normalized spacial score (nSPS) is 20.3. The first-order chi connectivity index (χ1) is 13.1. The maximum Gasteiger partial charge on any atom is 0.244 e. The van der Waals surface area contributed by atoms with Gasteiger partial charge in [0.2, 0.25) is 11.9 Å². The van der Waals surface area contributed by atoms with Crippen molar-refractivity contribution >= 4 is 11.9 Å². The highest BCUT2D eigenvalue weighted by Crippen LogP contribution is 2.23. The van der Waals surface area contributed by atoms with Crippen molar-refractivity contribution in [2.75, 3.05) is 37.7 Å². The molecule has 2 aromatic heterocycles. The number of rotatable bonds is 4. The molecule has 27 heavy (non-hydrogen) atoms. The van der Waals surface area contributed by atoms with Crippen molar-refractivity contribution in [2.24, 2.45) is 0 Å². The van der Waals surface area contributed by atoms with Gasteiger partial charge in [0.1, 0.15) is 12.6 Å². The van der Waals surface area contributed by atoms with Crippen molar-refractivity contribution in [1.29, 1.82) is 0 Å². The summed E-state index contributed by atoms with van der Waals surface area (Å²) in [6, 6.07) is 3.87. The van der Waals surface area contributed by atoms with Crippen molar-refractivity contribution in [2.45, 2.75) is 39.3 Å². The van der Waals surface area contributed by atoms with Crippen LogP contribution in [0.2, 0.25) is 0 Å². The molecule has 8 nitrogen and oxygen atoms in total. The second kappa shape index (κ2) is 7.64. The molecule has 2 aliphatic rings. The van der Waals surface area contributed by atoms with Gasteiger partial charge in [-0.15, -0.1) is 0 Å². The van der Waals surface area contributed by atoms with Gasteiger partial charge in [-0.05, 0) is 38.8 Å². The molecule has 0 N–H and O–H groups in total. The molecule has 144 valence electrons. The number of nitrogens with zero attached hydrogens (tertiary/aromatic N) is 6. The molecule has 0 aliphatic carbocycles. The Morgan fingerprint density at radius 2 is 2.07 bits per heavy atom. The summed E-state index contributed by atoms with van der Waals surface area (Å²) in [4.78, 5) is 25.9. The van der Waals surface area contributed by atoms with Crippen molar-refractivity contribution < 1.29 is 9.53 Å². The number of anilines is 1. The van der Waals surface area contributed by atoms with Gasteiger partial charge in [0.05, 0.1) is 24.5 Å². The molecule has 2 aromatic rings. The van der Waals surface area contributed by atoms with Crippen LogP contribution in [0.25, 0.3) is 0 Å². The minimum atomic E-state index is -0.215. The number of morpholine rings is 1. The third kappa shape index (κ3) is 3.95. The summed E-state index contributed by atoms with van der Waals surface area (Å²) >= 11 is 0. The van der Waals surface area contributed by atoms with Crippen molar-refractivity contribution in [3.63, 3.8) is 0 Å². The fraction of sp³-hybridized carbons (Fsp3) is 0.579. The second-order valence-corrected chi connectivity index (χ2v) is 7.26. The molecule has 2 saturated heterocycles. The molecule has 0 saturated carbocycles. The Morgan fingerprint density at radius 3 is 2.81 bits per heavy atom. The Bertz CT molecular complexity index is 814. The molecule has 1 atom stereocenters. The molecule has 1 unspecified atom stereocenters. The highest BCUT2D eigenvalue weighted by Gasteiger charge is 2.27. The Labute approximate surface area is 159 Å². The van der Waals surface area contributed by atoms with Gasteiger partial charge < -0.3 is 14.5 Å². The molecule has 0 bridgehead atoms. The van der Waals surface area contributed by atoms with E-state index in [9.17, 15) is 4.79 Å². The van der Waals surface area contributed by atoms with Crippen LogP contribution in [-0.2, 0) is 16.1 Å². The highest BCUT2D eigenvalue weighted by atomic mass is 16.5. The zero-order valence-electron chi connectivity index (χ0n) is 16.0. The van der Waals surface area contributed by atoms with Crippen LogP contribution in [0.5, 0.6) is 0 Å². The van der Waals surface area contributed by atoms with Gasteiger partial charge >= 0.3 is 0 Å².